The topological polar surface area (TPSA) is 24.9 Å². The fourth-order valence-electron chi connectivity index (χ4n) is 1.99. The lowest BCUT2D eigenvalue weighted by Crippen LogP contribution is -2.19. The molecule has 18 heavy (non-hydrogen) atoms. The van der Waals surface area contributed by atoms with Gasteiger partial charge in [0.2, 0.25) is 0 Å². The van der Waals surface area contributed by atoms with Gasteiger partial charge in [-0.05, 0) is 48.5 Å². The van der Waals surface area contributed by atoms with Crippen LogP contribution in [0.15, 0.2) is 42.7 Å². The number of pyridine rings is 1. The zero-order valence-corrected chi connectivity index (χ0v) is 10.0. The van der Waals surface area contributed by atoms with Crippen molar-refractivity contribution in [1.82, 2.24) is 10.3 Å². The third-order valence-corrected chi connectivity index (χ3v) is 2.85. The largest absolute Gasteiger partial charge is 0.319 e. The predicted molar refractivity (Wildman–Crippen MR) is 66.4 cm³/mol. The van der Waals surface area contributed by atoms with Gasteiger partial charge in [-0.1, -0.05) is 0 Å². The van der Waals surface area contributed by atoms with E-state index < -0.39 is 11.6 Å². The number of hydrogen-bond acceptors (Lipinski definition) is 2. The smallest absolute Gasteiger partial charge is 0.127 e. The Kier molecular flexibility index (Phi) is 3.99. The zero-order chi connectivity index (χ0) is 13.0. The van der Waals surface area contributed by atoms with E-state index in [-0.39, 0.29) is 5.92 Å². The van der Waals surface area contributed by atoms with Crippen LogP contribution >= 0.6 is 0 Å². The van der Waals surface area contributed by atoms with Crippen LogP contribution in [0.1, 0.15) is 17.0 Å². The molecule has 1 unspecified atom stereocenters. The normalized spacial score (nSPS) is 12.4. The third kappa shape index (κ3) is 2.71. The maximum absolute atomic E-state index is 13.8. The van der Waals surface area contributed by atoms with E-state index in [1.165, 1.54) is 6.07 Å². The van der Waals surface area contributed by atoms with Crippen molar-refractivity contribution in [1.29, 1.82) is 0 Å². The van der Waals surface area contributed by atoms with Crippen molar-refractivity contribution >= 4 is 0 Å². The minimum atomic E-state index is -0.429. The highest BCUT2D eigenvalue weighted by Crippen LogP contribution is 2.26. The van der Waals surface area contributed by atoms with E-state index >= 15 is 0 Å². The number of rotatable bonds is 4. The Hall–Kier alpha value is -1.81. The molecule has 1 aromatic heterocycles. The van der Waals surface area contributed by atoms with Gasteiger partial charge in [0, 0.05) is 24.9 Å². The third-order valence-electron chi connectivity index (χ3n) is 2.85. The Bertz CT molecular complexity index is 514. The summed E-state index contributed by atoms with van der Waals surface area (Å²) in [5, 5.41) is 3.00. The number of nitrogens with zero attached hydrogens (tertiary/aromatic N) is 1. The summed E-state index contributed by atoms with van der Waals surface area (Å²) in [6.45, 7) is 0.532. The second kappa shape index (κ2) is 5.69. The van der Waals surface area contributed by atoms with Gasteiger partial charge < -0.3 is 5.32 Å². The lowest BCUT2D eigenvalue weighted by atomic mass is 9.91. The Morgan fingerprint density at radius 1 is 1.17 bits per heavy atom. The van der Waals surface area contributed by atoms with Gasteiger partial charge in [0.25, 0.3) is 0 Å². The van der Waals surface area contributed by atoms with E-state index in [4.69, 9.17) is 0 Å². The summed E-state index contributed by atoms with van der Waals surface area (Å²) in [5.41, 5.74) is 1.26. The molecule has 0 saturated heterocycles. The van der Waals surface area contributed by atoms with Crippen LogP contribution in [-0.4, -0.2) is 18.6 Å². The number of hydrogen-bond donors (Lipinski definition) is 1. The molecule has 94 valence electrons. The Balaban J connectivity index is 2.44. The van der Waals surface area contributed by atoms with Gasteiger partial charge in [0.15, 0.2) is 0 Å². The first kappa shape index (κ1) is 12.6. The minimum absolute atomic E-state index is 0.228. The number of likely N-dealkylation sites (N-methyl/N-ethyl adjacent to an activating group) is 1. The van der Waals surface area contributed by atoms with E-state index in [9.17, 15) is 8.78 Å². The SMILES string of the molecule is CNCC(c1ccncc1)c1cc(F)ccc1F. The molecule has 0 fully saturated rings. The van der Waals surface area contributed by atoms with Crippen molar-refractivity contribution in [2.45, 2.75) is 5.92 Å². The van der Waals surface area contributed by atoms with Crippen LogP contribution in [0.2, 0.25) is 0 Å². The Morgan fingerprint density at radius 3 is 2.56 bits per heavy atom. The number of aromatic nitrogens is 1. The average molecular weight is 248 g/mol. The van der Waals surface area contributed by atoms with Crippen LogP contribution in [0, 0.1) is 11.6 Å². The molecule has 1 N–H and O–H groups in total. The van der Waals surface area contributed by atoms with E-state index in [1.807, 2.05) is 12.1 Å². The highest BCUT2D eigenvalue weighted by molar-refractivity contribution is 5.33. The summed E-state index contributed by atoms with van der Waals surface area (Å²) < 4.78 is 27.1. The van der Waals surface area contributed by atoms with Crippen LogP contribution in [-0.2, 0) is 0 Å². The van der Waals surface area contributed by atoms with Crippen LogP contribution in [0.4, 0.5) is 8.78 Å². The lowest BCUT2D eigenvalue weighted by Gasteiger charge is -2.18. The van der Waals surface area contributed by atoms with E-state index in [1.54, 1.807) is 19.4 Å². The van der Waals surface area contributed by atoms with Crippen LogP contribution in [0.3, 0.4) is 0 Å². The van der Waals surface area contributed by atoms with Crippen LogP contribution in [0.25, 0.3) is 0 Å². The summed E-state index contributed by atoms with van der Waals surface area (Å²) in [5.74, 6) is -1.05. The molecule has 2 rings (SSSR count). The fraction of sp³-hybridized carbons (Fsp3) is 0.214. The van der Waals surface area contributed by atoms with E-state index in [2.05, 4.69) is 10.3 Å². The quantitative estimate of drug-likeness (QED) is 0.899. The summed E-state index contributed by atoms with van der Waals surface area (Å²) in [6.07, 6.45) is 3.30. The highest BCUT2D eigenvalue weighted by Gasteiger charge is 2.17. The summed E-state index contributed by atoms with van der Waals surface area (Å²) in [7, 11) is 1.78. The first-order valence-corrected chi connectivity index (χ1v) is 5.72. The first-order valence-electron chi connectivity index (χ1n) is 5.72. The highest BCUT2D eigenvalue weighted by atomic mass is 19.1. The predicted octanol–water partition coefficient (Wildman–Crippen LogP) is 2.71. The molecule has 1 atom stereocenters. The van der Waals surface area contributed by atoms with Gasteiger partial charge in [-0.2, -0.15) is 0 Å². The first-order chi connectivity index (χ1) is 8.72. The summed E-state index contributed by atoms with van der Waals surface area (Å²) >= 11 is 0. The number of benzene rings is 1. The second-order valence-electron chi connectivity index (χ2n) is 4.06. The monoisotopic (exact) mass is 248 g/mol. The van der Waals surface area contributed by atoms with Crippen LogP contribution in [0.5, 0.6) is 0 Å². The number of halogens is 2. The van der Waals surface area contributed by atoms with Crippen molar-refractivity contribution in [2.75, 3.05) is 13.6 Å². The van der Waals surface area contributed by atoms with Crippen molar-refractivity contribution in [3.8, 4) is 0 Å². The van der Waals surface area contributed by atoms with Gasteiger partial charge in [-0.25, -0.2) is 8.78 Å². The second-order valence-corrected chi connectivity index (χ2v) is 4.06. The molecule has 4 heteroatoms. The minimum Gasteiger partial charge on any atom is -0.319 e. The molecule has 1 heterocycles. The molecule has 0 saturated carbocycles. The molecular weight excluding hydrogens is 234 g/mol. The van der Waals surface area contributed by atoms with Gasteiger partial charge in [0.1, 0.15) is 11.6 Å². The van der Waals surface area contributed by atoms with Crippen molar-refractivity contribution in [3.63, 3.8) is 0 Å². The molecule has 0 bridgehead atoms. The molecular formula is C14H14F2N2. The summed E-state index contributed by atoms with van der Waals surface area (Å²) in [6, 6.07) is 7.16. The fourth-order valence-corrected chi connectivity index (χ4v) is 1.99. The Labute approximate surface area is 105 Å². The van der Waals surface area contributed by atoms with E-state index in [0.29, 0.717) is 12.1 Å². The molecule has 2 nitrogen and oxygen atoms in total. The molecule has 1 aromatic carbocycles. The van der Waals surface area contributed by atoms with E-state index in [0.717, 1.165) is 17.7 Å². The molecule has 2 aromatic rings. The summed E-state index contributed by atoms with van der Waals surface area (Å²) in [4.78, 5) is 3.93. The van der Waals surface area contributed by atoms with Crippen LogP contribution < -0.4 is 5.32 Å². The van der Waals surface area contributed by atoms with Gasteiger partial charge in [0.05, 0.1) is 0 Å². The lowest BCUT2D eigenvalue weighted by molar-refractivity contribution is 0.567. The molecule has 0 spiro atoms. The molecule has 0 aliphatic carbocycles. The van der Waals surface area contributed by atoms with Crippen molar-refractivity contribution in [2.24, 2.45) is 0 Å². The molecule has 0 radical (unpaired) electrons. The van der Waals surface area contributed by atoms with Gasteiger partial charge >= 0.3 is 0 Å². The maximum atomic E-state index is 13.8. The molecule has 0 amide bonds. The standard InChI is InChI=1S/C14H14F2N2/c1-17-9-13(10-4-6-18-7-5-10)12-8-11(15)2-3-14(12)16/h2-8,13,17H,9H2,1H3. The van der Waals surface area contributed by atoms with Crippen molar-refractivity contribution in [3.05, 3.63) is 65.5 Å². The average Bonchev–Trinajstić information content (AvgIpc) is 2.40. The maximum Gasteiger partial charge on any atom is 0.127 e. The van der Waals surface area contributed by atoms with Gasteiger partial charge in [-0.15, -0.1) is 0 Å². The molecule has 0 aliphatic heterocycles. The number of nitrogens with one attached hydrogen (secondary N) is 1. The van der Waals surface area contributed by atoms with Crippen molar-refractivity contribution < 1.29 is 8.78 Å². The van der Waals surface area contributed by atoms with Gasteiger partial charge in [-0.3, -0.25) is 4.98 Å². The molecule has 0 aliphatic rings. The Morgan fingerprint density at radius 2 is 1.89 bits per heavy atom. The zero-order valence-electron chi connectivity index (χ0n) is 10.0.